The molecular formula is C17H24N2O2. The first-order chi connectivity index (χ1) is 10.1. The number of piperidine rings is 1. The van der Waals surface area contributed by atoms with Crippen LogP contribution in [0.15, 0.2) is 30.3 Å². The molecule has 1 aliphatic rings. The maximum absolute atomic E-state index is 12.2. The highest BCUT2D eigenvalue weighted by Crippen LogP contribution is 2.16. The Balaban J connectivity index is 1.82. The Hall–Kier alpha value is -1.84. The number of hydrogen-bond acceptors (Lipinski definition) is 2. The van der Waals surface area contributed by atoms with Gasteiger partial charge in [0.25, 0.3) is 5.91 Å². The maximum Gasteiger partial charge on any atom is 0.251 e. The van der Waals surface area contributed by atoms with Crippen LogP contribution in [0.1, 0.15) is 43.5 Å². The zero-order valence-electron chi connectivity index (χ0n) is 12.8. The molecule has 2 amide bonds. The van der Waals surface area contributed by atoms with Crippen molar-refractivity contribution in [1.29, 1.82) is 0 Å². The maximum atomic E-state index is 12.2. The zero-order valence-corrected chi connectivity index (χ0v) is 12.8. The molecule has 0 saturated carbocycles. The molecule has 0 radical (unpaired) electrons. The fourth-order valence-corrected chi connectivity index (χ4v) is 2.75. The highest BCUT2D eigenvalue weighted by molar-refractivity contribution is 5.94. The van der Waals surface area contributed by atoms with E-state index in [0.29, 0.717) is 17.9 Å². The molecule has 1 heterocycles. The van der Waals surface area contributed by atoms with Crippen molar-refractivity contribution in [3.8, 4) is 0 Å². The summed E-state index contributed by atoms with van der Waals surface area (Å²) in [5.74, 6) is 0.599. The van der Waals surface area contributed by atoms with Crippen molar-refractivity contribution in [3.05, 3.63) is 35.9 Å². The van der Waals surface area contributed by atoms with Gasteiger partial charge < -0.3 is 10.2 Å². The molecule has 2 atom stereocenters. The average Bonchev–Trinajstić information content (AvgIpc) is 2.48. The summed E-state index contributed by atoms with van der Waals surface area (Å²) in [6, 6.07) is 8.94. The third kappa shape index (κ3) is 4.59. The van der Waals surface area contributed by atoms with Crippen molar-refractivity contribution in [2.75, 3.05) is 13.1 Å². The normalized spacial score (nSPS) is 19.9. The summed E-state index contributed by atoms with van der Waals surface area (Å²) >= 11 is 0. The lowest BCUT2D eigenvalue weighted by Crippen LogP contribution is -2.43. The van der Waals surface area contributed by atoms with Crippen molar-refractivity contribution in [2.45, 2.75) is 39.2 Å². The minimum absolute atomic E-state index is 0.122. The summed E-state index contributed by atoms with van der Waals surface area (Å²) in [7, 11) is 0. The van der Waals surface area contributed by atoms with Gasteiger partial charge in [-0.1, -0.05) is 25.1 Å². The molecule has 0 bridgehead atoms. The second kappa shape index (κ2) is 7.25. The number of amides is 2. The molecule has 0 aromatic heterocycles. The van der Waals surface area contributed by atoms with Gasteiger partial charge >= 0.3 is 0 Å². The van der Waals surface area contributed by atoms with Gasteiger partial charge in [-0.25, -0.2) is 0 Å². The number of benzene rings is 1. The van der Waals surface area contributed by atoms with E-state index in [1.54, 1.807) is 12.1 Å². The molecular weight excluding hydrogens is 264 g/mol. The number of carbonyl (C=O) groups is 2. The molecule has 21 heavy (non-hydrogen) atoms. The van der Waals surface area contributed by atoms with E-state index < -0.39 is 0 Å². The van der Waals surface area contributed by atoms with Gasteiger partial charge in [0.2, 0.25) is 5.91 Å². The van der Waals surface area contributed by atoms with Gasteiger partial charge in [0.1, 0.15) is 0 Å². The Morgan fingerprint density at radius 2 is 2.05 bits per heavy atom. The fourth-order valence-electron chi connectivity index (χ4n) is 2.75. The first-order valence-electron chi connectivity index (χ1n) is 7.70. The largest absolute Gasteiger partial charge is 0.349 e. The van der Waals surface area contributed by atoms with E-state index in [4.69, 9.17) is 0 Å². The van der Waals surface area contributed by atoms with Crippen LogP contribution >= 0.6 is 0 Å². The summed E-state index contributed by atoms with van der Waals surface area (Å²) in [5, 5.41) is 2.89. The number of carbonyl (C=O) groups excluding carboxylic acids is 2. The van der Waals surface area contributed by atoms with Crippen LogP contribution in [0.4, 0.5) is 0 Å². The molecule has 1 aromatic rings. The van der Waals surface area contributed by atoms with Gasteiger partial charge in [-0.3, -0.25) is 9.59 Å². The SMILES string of the molecule is C[C@H]1CCCN(C(=O)C[C@H](C)NC(=O)c2ccccc2)C1. The molecule has 4 heteroatoms. The lowest BCUT2D eigenvalue weighted by atomic mass is 10.00. The smallest absolute Gasteiger partial charge is 0.251 e. The molecule has 114 valence electrons. The van der Waals surface area contributed by atoms with E-state index in [9.17, 15) is 9.59 Å². The second-order valence-corrected chi connectivity index (χ2v) is 6.03. The van der Waals surface area contributed by atoms with Gasteiger partial charge in [0, 0.05) is 31.1 Å². The zero-order chi connectivity index (χ0) is 15.2. The van der Waals surface area contributed by atoms with Crippen LogP contribution in [0, 0.1) is 5.92 Å². The van der Waals surface area contributed by atoms with Crippen LogP contribution in [0.5, 0.6) is 0 Å². The van der Waals surface area contributed by atoms with Crippen LogP contribution in [0.3, 0.4) is 0 Å². The first-order valence-corrected chi connectivity index (χ1v) is 7.70. The number of likely N-dealkylation sites (tertiary alicyclic amines) is 1. The highest BCUT2D eigenvalue weighted by atomic mass is 16.2. The monoisotopic (exact) mass is 288 g/mol. The molecule has 1 fully saturated rings. The Morgan fingerprint density at radius 3 is 2.71 bits per heavy atom. The third-order valence-electron chi connectivity index (χ3n) is 3.90. The first kappa shape index (κ1) is 15.5. The van der Waals surface area contributed by atoms with Crippen LogP contribution in [0.2, 0.25) is 0 Å². The van der Waals surface area contributed by atoms with E-state index in [0.717, 1.165) is 19.5 Å². The fraction of sp³-hybridized carbons (Fsp3) is 0.529. The lowest BCUT2D eigenvalue weighted by Gasteiger charge is -2.31. The summed E-state index contributed by atoms with van der Waals surface area (Å²) in [6.45, 7) is 5.76. The topological polar surface area (TPSA) is 49.4 Å². The number of rotatable bonds is 4. The van der Waals surface area contributed by atoms with Crippen LogP contribution in [0.25, 0.3) is 0 Å². The van der Waals surface area contributed by atoms with Crippen LogP contribution in [-0.2, 0) is 4.79 Å². The van der Waals surface area contributed by atoms with E-state index >= 15 is 0 Å². The van der Waals surface area contributed by atoms with Gasteiger partial charge in [0.15, 0.2) is 0 Å². The van der Waals surface area contributed by atoms with Gasteiger partial charge in [-0.2, -0.15) is 0 Å². The number of nitrogens with one attached hydrogen (secondary N) is 1. The molecule has 1 N–H and O–H groups in total. The molecule has 1 saturated heterocycles. The Bertz CT molecular complexity index is 487. The van der Waals surface area contributed by atoms with Crippen molar-refractivity contribution in [1.82, 2.24) is 10.2 Å². The Labute approximate surface area is 126 Å². The predicted octanol–water partition coefficient (Wildman–Crippen LogP) is 2.45. The van der Waals surface area contributed by atoms with Crippen molar-refractivity contribution in [2.24, 2.45) is 5.92 Å². The predicted molar refractivity (Wildman–Crippen MR) is 83.0 cm³/mol. The Morgan fingerprint density at radius 1 is 1.33 bits per heavy atom. The number of hydrogen-bond donors (Lipinski definition) is 1. The minimum atomic E-state index is -0.151. The van der Waals surface area contributed by atoms with Crippen LogP contribution < -0.4 is 5.32 Å². The summed E-state index contributed by atoms with van der Waals surface area (Å²) < 4.78 is 0. The van der Waals surface area contributed by atoms with E-state index in [1.165, 1.54) is 6.42 Å². The molecule has 0 spiro atoms. The molecule has 4 nitrogen and oxygen atoms in total. The second-order valence-electron chi connectivity index (χ2n) is 6.03. The third-order valence-corrected chi connectivity index (χ3v) is 3.90. The van der Waals surface area contributed by atoms with Gasteiger partial charge in [-0.05, 0) is 37.8 Å². The lowest BCUT2D eigenvalue weighted by molar-refractivity contribution is -0.133. The molecule has 1 aromatic carbocycles. The average molecular weight is 288 g/mol. The van der Waals surface area contributed by atoms with Crippen molar-refractivity contribution >= 4 is 11.8 Å². The highest BCUT2D eigenvalue weighted by Gasteiger charge is 2.22. The van der Waals surface area contributed by atoms with E-state index in [1.807, 2.05) is 30.0 Å². The van der Waals surface area contributed by atoms with Crippen LogP contribution in [-0.4, -0.2) is 35.8 Å². The molecule has 2 rings (SSSR count). The standard InChI is InChI=1S/C17H24N2O2/c1-13-7-6-10-19(12-13)16(20)11-14(2)18-17(21)15-8-4-3-5-9-15/h3-5,8-9,13-14H,6-7,10-12H2,1-2H3,(H,18,21)/t13-,14-/m0/s1. The van der Waals surface area contributed by atoms with E-state index in [2.05, 4.69) is 12.2 Å². The molecule has 0 unspecified atom stereocenters. The summed E-state index contributed by atoms with van der Waals surface area (Å²) in [6.07, 6.45) is 2.65. The molecule has 0 aliphatic carbocycles. The Kier molecular flexibility index (Phi) is 5.37. The summed E-state index contributed by atoms with van der Waals surface area (Å²) in [4.78, 5) is 26.2. The van der Waals surface area contributed by atoms with E-state index in [-0.39, 0.29) is 17.9 Å². The molecule has 1 aliphatic heterocycles. The van der Waals surface area contributed by atoms with Gasteiger partial charge in [0.05, 0.1) is 0 Å². The summed E-state index contributed by atoms with van der Waals surface area (Å²) in [5.41, 5.74) is 0.628. The van der Waals surface area contributed by atoms with Crippen molar-refractivity contribution < 1.29 is 9.59 Å². The quantitative estimate of drug-likeness (QED) is 0.925. The number of nitrogens with zero attached hydrogens (tertiary/aromatic N) is 1. The van der Waals surface area contributed by atoms with Crippen molar-refractivity contribution in [3.63, 3.8) is 0 Å². The van der Waals surface area contributed by atoms with Gasteiger partial charge in [-0.15, -0.1) is 0 Å². The minimum Gasteiger partial charge on any atom is -0.349 e.